The third-order valence-corrected chi connectivity index (χ3v) is 5.58. The highest BCUT2D eigenvalue weighted by Gasteiger charge is 2.22. The van der Waals surface area contributed by atoms with E-state index in [0.717, 1.165) is 24.8 Å². The summed E-state index contributed by atoms with van der Waals surface area (Å²) in [5.74, 6) is 0.186. The van der Waals surface area contributed by atoms with Gasteiger partial charge in [-0.1, -0.05) is 25.7 Å². The van der Waals surface area contributed by atoms with Gasteiger partial charge in [-0.2, -0.15) is 0 Å². The first-order valence-electron chi connectivity index (χ1n) is 7.74. The van der Waals surface area contributed by atoms with Crippen molar-refractivity contribution >= 4 is 17.2 Å². The lowest BCUT2D eigenvalue weighted by Crippen LogP contribution is -2.34. The van der Waals surface area contributed by atoms with Crippen molar-refractivity contribution in [1.29, 1.82) is 0 Å². The summed E-state index contributed by atoms with van der Waals surface area (Å²) < 4.78 is 0. The summed E-state index contributed by atoms with van der Waals surface area (Å²) in [6, 6.07) is 0.411. The maximum atomic E-state index is 12.5. The van der Waals surface area contributed by atoms with Gasteiger partial charge in [-0.25, -0.2) is 0 Å². The Balaban J connectivity index is 1.68. The number of nitrogens with one attached hydrogen (secondary N) is 1. The number of carbonyl (C=O) groups is 1. The van der Waals surface area contributed by atoms with E-state index in [2.05, 4.69) is 10.7 Å². The molecule has 104 valence electrons. The van der Waals surface area contributed by atoms with Gasteiger partial charge in [-0.15, -0.1) is 11.3 Å². The van der Waals surface area contributed by atoms with Gasteiger partial charge in [0, 0.05) is 16.3 Å². The lowest BCUT2D eigenvalue weighted by molar-refractivity contribution is 0.0932. The van der Waals surface area contributed by atoms with E-state index in [4.69, 9.17) is 0 Å². The quantitative estimate of drug-likeness (QED) is 0.811. The molecule has 0 saturated heterocycles. The molecule has 1 aromatic rings. The first-order chi connectivity index (χ1) is 9.34. The second-order valence-electron chi connectivity index (χ2n) is 5.92. The van der Waals surface area contributed by atoms with Crippen LogP contribution in [-0.4, -0.2) is 11.9 Å². The predicted molar refractivity (Wildman–Crippen MR) is 79.9 cm³/mol. The fraction of sp³-hybridized carbons (Fsp3) is 0.688. The summed E-state index contributed by atoms with van der Waals surface area (Å²) in [6.45, 7) is 0. The maximum Gasteiger partial charge on any atom is 0.252 e. The number of amides is 1. The summed E-state index contributed by atoms with van der Waals surface area (Å²) in [4.78, 5) is 13.9. The number of carbonyl (C=O) groups excluding carboxylic acids is 1. The van der Waals surface area contributed by atoms with Crippen molar-refractivity contribution in [2.24, 2.45) is 0 Å². The van der Waals surface area contributed by atoms with Crippen LogP contribution in [0.15, 0.2) is 5.38 Å². The molecule has 2 aliphatic carbocycles. The Bertz CT molecular complexity index is 444. The van der Waals surface area contributed by atoms with Crippen molar-refractivity contribution in [1.82, 2.24) is 5.32 Å². The average molecular weight is 277 g/mol. The minimum atomic E-state index is 0.186. The zero-order valence-corrected chi connectivity index (χ0v) is 12.4. The van der Waals surface area contributed by atoms with Crippen LogP contribution in [0.5, 0.6) is 0 Å². The van der Waals surface area contributed by atoms with Gasteiger partial charge in [0.15, 0.2) is 0 Å². The zero-order chi connectivity index (χ0) is 13.1. The molecule has 0 radical (unpaired) electrons. The molecule has 0 unspecified atom stereocenters. The van der Waals surface area contributed by atoms with Gasteiger partial charge in [-0.3, -0.25) is 4.79 Å². The fourth-order valence-corrected chi connectivity index (χ4v) is 4.50. The van der Waals surface area contributed by atoms with E-state index < -0.39 is 0 Å². The molecule has 3 rings (SSSR count). The van der Waals surface area contributed by atoms with Crippen LogP contribution in [-0.2, 0) is 12.8 Å². The largest absolute Gasteiger partial charge is 0.349 e. The van der Waals surface area contributed by atoms with Gasteiger partial charge in [0.1, 0.15) is 0 Å². The molecule has 0 atom stereocenters. The monoisotopic (exact) mass is 277 g/mol. The lowest BCUT2D eigenvalue weighted by atomic mass is 9.95. The second-order valence-corrected chi connectivity index (χ2v) is 6.88. The first-order valence-corrected chi connectivity index (χ1v) is 8.62. The van der Waals surface area contributed by atoms with Crippen LogP contribution in [0.2, 0.25) is 0 Å². The number of thiophene rings is 1. The van der Waals surface area contributed by atoms with Crippen molar-refractivity contribution in [2.45, 2.75) is 70.3 Å². The topological polar surface area (TPSA) is 29.1 Å². The highest BCUT2D eigenvalue weighted by molar-refractivity contribution is 7.10. The molecular weight excluding hydrogens is 254 g/mol. The van der Waals surface area contributed by atoms with Gasteiger partial charge in [0.2, 0.25) is 0 Å². The van der Waals surface area contributed by atoms with E-state index in [0.29, 0.717) is 6.04 Å². The molecule has 0 aliphatic heterocycles. The lowest BCUT2D eigenvalue weighted by Gasteiger charge is -2.17. The van der Waals surface area contributed by atoms with Crippen LogP contribution in [0.25, 0.3) is 0 Å². The summed E-state index contributed by atoms with van der Waals surface area (Å²) in [5, 5.41) is 5.36. The first kappa shape index (κ1) is 13.2. The van der Waals surface area contributed by atoms with E-state index in [9.17, 15) is 4.79 Å². The number of rotatable bonds is 2. The normalized spacial score (nSPS) is 20.6. The molecule has 0 bridgehead atoms. The number of hydrogen-bond acceptors (Lipinski definition) is 2. The Labute approximate surface area is 119 Å². The van der Waals surface area contributed by atoms with E-state index in [1.807, 2.05) is 0 Å². The van der Waals surface area contributed by atoms with Gasteiger partial charge in [0.25, 0.3) is 5.91 Å². The molecule has 3 heteroatoms. The Hall–Kier alpha value is -0.830. The van der Waals surface area contributed by atoms with E-state index >= 15 is 0 Å². The molecular formula is C16H23NOS. The summed E-state index contributed by atoms with van der Waals surface area (Å²) in [6.07, 6.45) is 12.4. The van der Waals surface area contributed by atoms with Crippen molar-refractivity contribution in [3.05, 3.63) is 21.4 Å². The highest BCUT2D eigenvalue weighted by Crippen LogP contribution is 2.30. The van der Waals surface area contributed by atoms with Crippen LogP contribution < -0.4 is 5.32 Å². The smallest absolute Gasteiger partial charge is 0.252 e. The number of aryl methyl sites for hydroxylation is 1. The molecule has 2 aliphatic rings. The van der Waals surface area contributed by atoms with E-state index in [-0.39, 0.29) is 5.91 Å². The van der Waals surface area contributed by atoms with E-state index in [1.165, 1.54) is 55.4 Å². The van der Waals surface area contributed by atoms with Crippen molar-refractivity contribution in [2.75, 3.05) is 0 Å². The van der Waals surface area contributed by atoms with Crippen LogP contribution in [0.3, 0.4) is 0 Å². The summed E-state index contributed by atoms with van der Waals surface area (Å²) in [7, 11) is 0. The SMILES string of the molecule is O=C(NC1CCCCCC1)c1csc2c1CCCC2. The Kier molecular flexibility index (Phi) is 4.21. The molecule has 1 aromatic heterocycles. The van der Waals surface area contributed by atoms with Crippen LogP contribution in [0.1, 0.15) is 72.2 Å². The second kappa shape index (κ2) is 6.08. The molecule has 0 aromatic carbocycles. The standard InChI is InChI=1S/C16H23NOS/c18-16(17-12-7-3-1-2-4-8-12)14-11-19-15-10-6-5-9-13(14)15/h11-12H,1-10H2,(H,17,18). The van der Waals surface area contributed by atoms with Crippen LogP contribution >= 0.6 is 11.3 Å². The van der Waals surface area contributed by atoms with E-state index in [1.54, 1.807) is 11.3 Å². The average Bonchev–Trinajstić information content (AvgIpc) is 2.70. The van der Waals surface area contributed by atoms with Crippen molar-refractivity contribution in [3.63, 3.8) is 0 Å². The Morgan fingerprint density at radius 3 is 2.58 bits per heavy atom. The van der Waals surface area contributed by atoms with Crippen LogP contribution in [0.4, 0.5) is 0 Å². The minimum absolute atomic E-state index is 0.186. The Morgan fingerprint density at radius 2 is 1.79 bits per heavy atom. The maximum absolute atomic E-state index is 12.5. The molecule has 1 saturated carbocycles. The molecule has 1 fully saturated rings. The molecule has 1 N–H and O–H groups in total. The number of hydrogen-bond donors (Lipinski definition) is 1. The van der Waals surface area contributed by atoms with Gasteiger partial charge < -0.3 is 5.32 Å². The Morgan fingerprint density at radius 1 is 1.05 bits per heavy atom. The summed E-state index contributed by atoms with van der Waals surface area (Å²) >= 11 is 1.79. The number of fused-ring (bicyclic) bond motifs is 1. The van der Waals surface area contributed by atoms with Crippen molar-refractivity contribution in [3.8, 4) is 0 Å². The predicted octanol–water partition coefficient (Wildman–Crippen LogP) is 4.08. The van der Waals surface area contributed by atoms with Gasteiger partial charge in [0.05, 0.1) is 5.56 Å². The zero-order valence-electron chi connectivity index (χ0n) is 11.5. The molecule has 2 nitrogen and oxygen atoms in total. The van der Waals surface area contributed by atoms with Crippen molar-refractivity contribution < 1.29 is 4.79 Å². The molecule has 19 heavy (non-hydrogen) atoms. The third-order valence-electron chi connectivity index (χ3n) is 4.50. The minimum Gasteiger partial charge on any atom is -0.349 e. The molecule has 0 spiro atoms. The fourth-order valence-electron chi connectivity index (χ4n) is 3.37. The van der Waals surface area contributed by atoms with Gasteiger partial charge >= 0.3 is 0 Å². The third kappa shape index (κ3) is 3.02. The molecule has 1 amide bonds. The summed E-state index contributed by atoms with van der Waals surface area (Å²) in [5.41, 5.74) is 2.33. The van der Waals surface area contributed by atoms with Crippen LogP contribution in [0, 0.1) is 0 Å². The molecule has 1 heterocycles. The van der Waals surface area contributed by atoms with Gasteiger partial charge in [-0.05, 0) is 44.1 Å². The highest BCUT2D eigenvalue weighted by atomic mass is 32.1.